The van der Waals surface area contributed by atoms with Gasteiger partial charge in [-0.2, -0.15) is 4.39 Å². The summed E-state index contributed by atoms with van der Waals surface area (Å²) in [4.78, 5) is 9.63. The van der Waals surface area contributed by atoms with Crippen LogP contribution < -0.4 is 10.1 Å². The Balaban J connectivity index is 2.38. The Labute approximate surface area is 115 Å². The summed E-state index contributed by atoms with van der Waals surface area (Å²) in [6.45, 7) is 1.39. The van der Waals surface area contributed by atoms with Crippen LogP contribution in [-0.2, 0) is 4.74 Å². The number of hydrogen-bond donors (Lipinski definition) is 2. The Morgan fingerprint density at radius 1 is 1.55 bits per heavy atom. The molecule has 0 radical (unpaired) electrons. The van der Waals surface area contributed by atoms with Crippen LogP contribution in [-0.4, -0.2) is 49.5 Å². The SMILES string of the molecule is COCCNCC(O)COc1ccc([N+](=O)[O-])c(F)c1. The molecule has 0 aliphatic rings. The van der Waals surface area contributed by atoms with Crippen LogP contribution in [0.4, 0.5) is 10.1 Å². The molecule has 1 aromatic carbocycles. The van der Waals surface area contributed by atoms with E-state index in [0.717, 1.165) is 12.1 Å². The van der Waals surface area contributed by atoms with Gasteiger partial charge in [-0.15, -0.1) is 0 Å². The summed E-state index contributed by atoms with van der Waals surface area (Å²) >= 11 is 0. The number of nitrogens with zero attached hydrogens (tertiary/aromatic N) is 1. The lowest BCUT2D eigenvalue weighted by atomic mass is 10.3. The van der Waals surface area contributed by atoms with Crippen molar-refractivity contribution in [3.8, 4) is 5.75 Å². The van der Waals surface area contributed by atoms with Gasteiger partial charge in [-0.3, -0.25) is 10.1 Å². The van der Waals surface area contributed by atoms with Gasteiger partial charge in [-0.1, -0.05) is 0 Å². The lowest BCUT2D eigenvalue weighted by Gasteiger charge is -2.13. The smallest absolute Gasteiger partial charge is 0.305 e. The highest BCUT2D eigenvalue weighted by atomic mass is 19.1. The fourth-order valence-corrected chi connectivity index (χ4v) is 1.42. The van der Waals surface area contributed by atoms with E-state index >= 15 is 0 Å². The molecule has 0 bridgehead atoms. The Morgan fingerprint density at radius 2 is 2.30 bits per heavy atom. The third kappa shape index (κ3) is 5.47. The maximum absolute atomic E-state index is 13.3. The van der Waals surface area contributed by atoms with Crippen molar-refractivity contribution in [2.45, 2.75) is 6.10 Å². The highest BCUT2D eigenvalue weighted by molar-refractivity contribution is 5.37. The van der Waals surface area contributed by atoms with Crippen LogP contribution in [0.2, 0.25) is 0 Å². The lowest BCUT2D eigenvalue weighted by Crippen LogP contribution is -2.33. The zero-order valence-corrected chi connectivity index (χ0v) is 11.0. The van der Waals surface area contributed by atoms with E-state index in [2.05, 4.69) is 5.32 Å². The van der Waals surface area contributed by atoms with Crippen LogP contribution in [0.15, 0.2) is 18.2 Å². The van der Waals surface area contributed by atoms with E-state index in [4.69, 9.17) is 9.47 Å². The van der Waals surface area contributed by atoms with Crippen molar-refractivity contribution in [3.63, 3.8) is 0 Å². The Bertz CT molecular complexity index is 444. The molecule has 0 amide bonds. The first-order chi connectivity index (χ1) is 9.54. The predicted octanol–water partition coefficient (Wildman–Crippen LogP) is 0.710. The second-order valence-corrected chi connectivity index (χ2v) is 4.03. The van der Waals surface area contributed by atoms with Crippen LogP contribution in [0.25, 0.3) is 0 Å². The largest absolute Gasteiger partial charge is 0.491 e. The van der Waals surface area contributed by atoms with Gasteiger partial charge >= 0.3 is 5.69 Å². The van der Waals surface area contributed by atoms with Crippen LogP contribution >= 0.6 is 0 Å². The van der Waals surface area contributed by atoms with Crippen LogP contribution in [0.5, 0.6) is 5.75 Å². The molecule has 8 heteroatoms. The number of aliphatic hydroxyl groups is 1. The molecule has 1 atom stereocenters. The maximum Gasteiger partial charge on any atom is 0.305 e. The van der Waals surface area contributed by atoms with E-state index in [1.54, 1.807) is 7.11 Å². The zero-order valence-electron chi connectivity index (χ0n) is 11.0. The molecule has 0 saturated heterocycles. The number of benzene rings is 1. The molecule has 1 unspecified atom stereocenters. The first-order valence-corrected chi connectivity index (χ1v) is 5.99. The van der Waals surface area contributed by atoms with E-state index in [-0.39, 0.29) is 12.4 Å². The topological polar surface area (TPSA) is 93.9 Å². The summed E-state index contributed by atoms with van der Waals surface area (Å²) < 4.78 is 23.3. The molecule has 1 rings (SSSR count). The van der Waals surface area contributed by atoms with E-state index in [1.807, 2.05) is 0 Å². The standard InChI is InChI=1S/C12H17FN2O5/c1-19-5-4-14-7-9(16)8-20-10-2-3-12(15(17)18)11(13)6-10/h2-3,6,9,14,16H,4-5,7-8H2,1H3. The molecular formula is C12H17FN2O5. The molecule has 0 heterocycles. The number of rotatable bonds is 9. The lowest BCUT2D eigenvalue weighted by molar-refractivity contribution is -0.387. The average molecular weight is 288 g/mol. The normalized spacial score (nSPS) is 12.2. The van der Waals surface area contributed by atoms with Gasteiger partial charge in [-0.25, -0.2) is 0 Å². The Morgan fingerprint density at radius 3 is 2.90 bits per heavy atom. The Hall–Kier alpha value is -1.77. The molecule has 20 heavy (non-hydrogen) atoms. The van der Waals surface area contributed by atoms with Gasteiger partial charge in [0, 0.05) is 32.3 Å². The number of nitro groups is 1. The molecule has 1 aromatic rings. The van der Waals surface area contributed by atoms with E-state index < -0.39 is 22.5 Å². The number of nitrogens with one attached hydrogen (secondary N) is 1. The van der Waals surface area contributed by atoms with Crippen molar-refractivity contribution in [2.24, 2.45) is 0 Å². The van der Waals surface area contributed by atoms with Gasteiger partial charge in [0.15, 0.2) is 0 Å². The highest BCUT2D eigenvalue weighted by Gasteiger charge is 2.14. The number of hydrogen-bond acceptors (Lipinski definition) is 6. The number of methoxy groups -OCH3 is 1. The van der Waals surface area contributed by atoms with Crippen molar-refractivity contribution in [3.05, 3.63) is 34.1 Å². The minimum absolute atomic E-state index is 0.0444. The molecule has 0 aromatic heterocycles. The predicted molar refractivity (Wildman–Crippen MR) is 69.3 cm³/mol. The second kappa shape index (κ2) is 8.41. The first-order valence-electron chi connectivity index (χ1n) is 5.99. The van der Waals surface area contributed by atoms with Crippen molar-refractivity contribution >= 4 is 5.69 Å². The summed E-state index contributed by atoms with van der Waals surface area (Å²) in [5, 5.41) is 23.0. The summed E-state index contributed by atoms with van der Waals surface area (Å²) in [5.74, 6) is -0.843. The highest BCUT2D eigenvalue weighted by Crippen LogP contribution is 2.22. The van der Waals surface area contributed by atoms with Crippen LogP contribution in [0, 0.1) is 15.9 Å². The third-order valence-corrected chi connectivity index (χ3v) is 2.42. The van der Waals surface area contributed by atoms with Gasteiger partial charge in [0.25, 0.3) is 0 Å². The molecule has 112 valence electrons. The summed E-state index contributed by atoms with van der Waals surface area (Å²) in [5.41, 5.74) is -0.612. The minimum Gasteiger partial charge on any atom is -0.491 e. The van der Waals surface area contributed by atoms with Crippen molar-refractivity contribution < 1.29 is 23.9 Å². The van der Waals surface area contributed by atoms with Gasteiger partial charge in [-0.05, 0) is 6.07 Å². The van der Waals surface area contributed by atoms with E-state index in [0.29, 0.717) is 19.7 Å². The zero-order chi connectivity index (χ0) is 15.0. The maximum atomic E-state index is 13.3. The van der Waals surface area contributed by atoms with Gasteiger partial charge < -0.3 is 19.9 Å². The molecule has 0 fully saturated rings. The van der Waals surface area contributed by atoms with Gasteiger partial charge in [0.05, 0.1) is 11.5 Å². The number of nitro benzene ring substituents is 1. The van der Waals surface area contributed by atoms with Gasteiger partial charge in [0.2, 0.25) is 5.82 Å². The monoisotopic (exact) mass is 288 g/mol. The van der Waals surface area contributed by atoms with E-state index in [1.165, 1.54) is 6.07 Å². The van der Waals surface area contributed by atoms with Crippen LogP contribution in [0.3, 0.4) is 0 Å². The number of aliphatic hydroxyl groups excluding tert-OH is 1. The summed E-state index contributed by atoms with van der Waals surface area (Å²) in [6, 6.07) is 3.23. The molecule has 0 aliphatic heterocycles. The fourth-order valence-electron chi connectivity index (χ4n) is 1.42. The molecule has 2 N–H and O–H groups in total. The minimum atomic E-state index is -0.972. The fraction of sp³-hybridized carbons (Fsp3) is 0.500. The molecular weight excluding hydrogens is 271 g/mol. The van der Waals surface area contributed by atoms with Gasteiger partial charge in [0.1, 0.15) is 18.5 Å². The van der Waals surface area contributed by atoms with Crippen molar-refractivity contribution in [1.82, 2.24) is 5.32 Å². The molecule has 7 nitrogen and oxygen atoms in total. The third-order valence-electron chi connectivity index (χ3n) is 2.42. The second-order valence-electron chi connectivity index (χ2n) is 4.03. The molecule has 0 spiro atoms. The first kappa shape index (κ1) is 16.3. The number of ether oxygens (including phenoxy) is 2. The quantitative estimate of drug-likeness (QED) is 0.395. The van der Waals surface area contributed by atoms with E-state index in [9.17, 15) is 19.6 Å². The number of halogens is 1. The molecule has 0 aliphatic carbocycles. The summed E-state index contributed by atoms with van der Waals surface area (Å²) in [6.07, 6.45) is -0.773. The summed E-state index contributed by atoms with van der Waals surface area (Å²) in [7, 11) is 1.57. The molecule has 0 saturated carbocycles. The average Bonchev–Trinajstić information content (AvgIpc) is 2.41. The van der Waals surface area contributed by atoms with Crippen LogP contribution in [0.1, 0.15) is 0 Å². The van der Waals surface area contributed by atoms with Crippen molar-refractivity contribution in [2.75, 3.05) is 33.4 Å². The van der Waals surface area contributed by atoms with Crippen molar-refractivity contribution in [1.29, 1.82) is 0 Å². The Kier molecular flexibility index (Phi) is 6.85.